The van der Waals surface area contributed by atoms with Gasteiger partial charge in [0.1, 0.15) is 12.1 Å². The second kappa shape index (κ2) is 7.72. The third-order valence-corrected chi connectivity index (χ3v) is 5.02. The van der Waals surface area contributed by atoms with Crippen LogP contribution in [0.4, 0.5) is 0 Å². The molecule has 0 aromatic heterocycles. The van der Waals surface area contributed by atoms with Gasteiger partial charge in [-0.1, -0.05) is 20.8 Å². The Morgan fingerprint density at radius 1 is 1.20 bits per heavy atom. The number of aliphatic carboxylic acids is 1. The van der Waals surface area contributed by atoms with Crippen LogP contribution < -0.4 is 10.6 Å². The normalized spacial score (nSPS) is 23.2. The van der Waals surface area contributed by atoms with Gasteiger partial charge in [0.15, 0.2) is 0 Å². The van der Waals surface area contributed by atoms with Crippen molar-refractivity contribution in [1.29, 1.82) is 0 Å². The topological polar surface area (TPSA) is 98.7 Å². The maximum atomic E-state index is 13.0. The number of carboxylic acid groups (broad SMARTS) is 1. The van der Waals surface area contributed by atoms with E-state index in [4.69, 9.17) is 0 Å². The Hall–Kier alpha value is -1.63. The van der Waals surface area contributed by atoms with Crippen LogP contribution in [0.25, 0.3) is 0 Å². The molecule has 7 heteroatoms. The molecule has 2 aliphatic rings. The summed E-state index contributed by atoms with van der Waals surface area (Å²) in [4.78, 5) is 38.3. The molecule has 3 atom stereocenters. The summed E-state index contributed by atoms with van der Waals surface area (Å²) >= 11 is 0. The predicted octanol–water partition coefficient (Wildman–Crippen LogP) is 0.981. The first kappa shape index (κ1) is 19.7. The van der Waals surface area contributed by atoms with Crippen LogP contribution >= 0.6 is 0 Å². The van der Waals surface area contributed by atoms with Gasteiger partial charge in [0, 0.05) is 6.54 Å². The molecular weight excluding hydrogens is 322 g/mol. The van der Waals surface area contributed by atoms with Crippen LogP contribution in [0.15, 0.2) is 0 Å². The lowest BCUT2D eigenvalue weighted by Crippen LogP contribution is -2.59. The van der Waals surface area contributed by atoms with Crippen molar-refractivity contribution in [2.45, 2.75) is 71.5 Å². The summed E-state index contributed by atoms with van der Waals surface area (Å²) in [6.07, 6.45) is 3.55. The third kappa shape index (κ3) is 5.17. The monoisotopic (exact) mass is 353 g/mol. The molecule has 7 nitrogen and oxygen atoms in total. The Kier molecular flexibility index (Phi) is 6.08. The number of carboxylic acids is 1. The number of hydrogen-bond donors (Lipinski definition) is 3. The number of likely N-dealkylation sites (tertiary alicyclic amines) is 1. The van der Waals surface area contributed by atoms with Crippen LogP contribution in [-0.4, -0.2) is 59.0 Å². The molecule has 0 aromatic carbocycles. The molecule has 0 bridgehead atoms. The fraction of sp³-hybridized carbons (Fsp3) is 0.833. The maximum Gasteiger partial charge on any atom is 0.326 e. The Bertz CT molecular complexity index is 525. The number of carbonyl (C=O) groups is 3. The van der Waals surface area contributed by atoms with Gasteiger partial charge >= 0.3 is 5.97 Å². The average Bonchev–Trinajstić information content (AvgIpc) is 3.21. The summed E-state index contributed by atoms with van der Waals surface area (Å²) in [5, 5.41) is 15.4. The molecule has 0 aromatic rings. The molecular formula is C18H31N3O4. The Morgan fingerprint density at radius 3 is 2.36 bits per heavy atom. The molecule has 1 aliphatic heterocycles. The highest BCUT2D eigenvalue weighted by atomic mass is 16.4. The fourth-order valence-corrected chi connectivity index (χ4v) is 3.13. The zero-order valence-electron chi connectivity index (χ0n) is 15.7. The smallest absolute Gasteiger partial charge is 0.326 e. The highest BCUT2D eigenvalue weighted by molar-refractivity contribution is 5.92. The number of nitrogens with one attached hydrogen (secondary N) is 2. The number of amides is 2. The molecule has 3 N–H and O–H groups in total. The Balaban J connectivity index is 2.03. The Labute approximate surface area is 149 Å². The minimum absolute atomic E-state index is 0.222. The molecule has 0 radical (unpaired) electrons. The maximum absolute atomic E-state index is 13.0. The van der Waals surface area contributed by atoms with Crippen LogP contribution in [0.2, 0.25) is 0 Å². The van der Waals surface area contributed by atoms with Crippen molar-refractivity contribution in [3.05, 3.63) is 0 Å². The zero-order valence-corrected chi connectivity index (χ0v) is 15.7. The van der Waals surface area contributed by atoms with Gasteiger partial charge in [0.2, 0.25) is 11.8 Å². The highest BCUT2D eigenvalue weighted by Gasteiger charge is 2.42. The lowest BCUT2D eigenvalue weighted by molar-refractivity contribution is -0.150. The van der Waals surface area contributed by atoms with E-state index >= 15 is 0 Å². The SMILES string of the molecule is CC(NCC1CC1)C(=O)NC(C(=O)N1CCCC1C(=O)O)C(C)(C)C. The zero-order chi connectivity index (χ0) is 18.8. The van der Waals surface area contributed by atoms with Crippen molar-refractivity contribution < 1.29 is 19.5 Å². The molecule has 2 rings (SSSR count). The molecule has 1 saturated carbocycles. The minimum Gasteiger partial charge on any atom is -0.480 e. The van der Waals surface area contributed by atoms with E-state index in [2.05, 4.69) is 10.6 Å². The number of hydrogen-bond acceptors (Lipinski definition) is 4. The summed E-state index contributed by atoms with van der Waals surface area (Å²) in [6.45, 7) is 8.67. The van der Waals surface area contributed by atoms with Gasteiger partial charge in [-0.3, -0.25) is 9.59 Å². The van der Waals surface area contributed by atoms with Gasteiger partial charge in [-0.15, -0.1) is 0 Å². The van der Waals surface area contributed by atoms with Crippen molar-refractivity contribution in [1.82, 2.24) is 15.5 Å². The van der Waals surface area contributed by atoms with E-state index in [0.717, 1.165) is 6.54 Å². The quantitative estimate of drug-likeness (QED) is 0.634. The summed E-state index contributed by atoms with van der Waals surface area (Å²) in [5.41, 5.74) is -0.505. The van der Waals surface area contributed by atoms with Gasteiger partial charge in [-0.05, 0) is 50.5 Å². The van der Waals surface area contributed by atoms with Crippen molar-refractivity contribution in [3.63, 3.8) is 0 Å². The third-order valence-electron chi connectivity index (χ3n) is 5.02. The van der Waals surface area contributed by atoms with Crippen molar-refractivity contribution in [3.8, 4) is 0 Å². The summed E-state index contributed by atoms with van der Waals surface area (Å²) in [7, 11) is 0. The van der Waals surface area contributed by atoms with Crippen molar-refractivity contribution in [2.24, 2.45) is 11.3 Å². The Morgan fingerprint density at radius 2 is 1.84 bits per heavy atom. The molecule has 1 saturated heterocycles. The summed E-state index contributed by atoms with van der Waals surface area (Å²) < 4.78 is 0. The fourth-order valence-electron chi connectivity index (χ4n) is 3.13. The minimum atomic E-state index is -0.982. The highest BCUT2D eigenvalue weighted by Crippen LogP contribution is 2.28. The molecule has 0 spiro atoms. The van der Waals surface area contributed by atoms with E-state index in [1.165, 1.54) is 17.7 Å². The first-order valence-electron chi connectivity index (χ1n) is 9.18. The number of carbonyl (C=O) groups excluding carboxylic acids is 2. The molecule has 2 fully saturated rings. The van der Waals surface area contributed by atoms with Gasteiger partial charge in [-0.2, -0.15) is 0 Å². The van der Waals surface area contributed by atoms with Gasteiger partial charge in [0.05, 0.1) is 6.04 Å². The van der Waals surface area contributed by atoms with E-state index in [0.29, 0.717) is 25.3 Å². The second-order valence-electron chi connectivity index (χ2n) is 8.41. The summed E-state index contributed by atoms with van der Waals surface area (Å²) in [5.74, 6) is -0.847. The van der Waals surface area contributed by atoms with Gasteiger partial charge in [-0.25, -0.2) is 4.79 Å². The van der Waals surface area contributed by atoms with Gasteiger partial charge in [0.25, 0.3) is 0 Å². The lowest BCUT2D eigenvalue weighted by atomic mass is 9.85. The standard InChI is InChI=1S/C18H31N3O4/c1-11(19-10-12-7-8-12)15(22)20-14(18(2,3)4)16(23)21-9-5-6-13(21)17(24)25/h11-14,19H,5-10H2,1-4H3,(H,20,22)(H,24,25). The number of rotatable bonds is 7. The van der Waals surface area contributed by atoms with Crippen LogP contribution in [0.5, 0.6) is 0 Å². The lowest BCUT2D eigenvalue weighted by Gasteiger charge is -2.35. The first-order chi connectivity index (χ1) is 11.6. The van der Waals surface area contributed by atoms with Crippen LogP contribution in [0, 0.1) is 11.3 Å². The molecule has 25 heavy (non-hydrogen) atoms. The first-order valence-corrected chi connectivity index (χ1v) is 9.18. The van der Waals surface area contributed by atoms with Crippen molar-refractivity contribution >= 4 is 17.8 Å². The van der Waals surface area contributed by atoms with Crippen LogP contribution in [-0.2, 0) is 14.4 Å². The largest absolute Gasteiger partial charge is 0.480 e. The van der Waals surface area contributed by atoms with E-state index in [1.54, 1.807) is 6.92 Å². The molecule has 142 valence electrons. The predicted molar refractivity (Wildman–Crippen MR) is 93.9 cm³/mol. The van der Waals surface area contributed by atoms with Crippen LogP contribution in [0.1, 0.15) is 53.4 Å². The van der Waals surface area contributed by atoms with Crippen LogP contribution in [0.3, 0.4) is 0 Å². The average molecular weight is 353 g/mol. The molecule has 1 heterocycles. The summed E-state index contributed by atoms with van der Waals surface area (Å²) in [6, 6.07) is -1.92. The molecule has 2 amide bonds. The molecule has 1 aliphatic carbocycles. The van der Waals surface area contributed by atoms with Gasteiger partial charge < -0.3 is 20.6 Å². The van der Waals surface area contributed by atoms with Crippen molar-refractivity contribution in [2.75, 3.05) is 13.1 Å². The molecule has 3 unspecified atom stereocenters. The van der Waals surface area contributed by atoms with E-state index in [-0.39, 0.29) is 17.9 Å². The second-order valence-corrected chi connectivity index (χ2v) is 8.41. The van der Waals surface area contributed by atoms with E-state index < -0.39 is 23.5 Å². The van der Waals surface area contributed by atoms with E-state index in [1.807, 2.05) is 20.8 Å². The number of nitrogens with zero attached hydrogens (tertiary/aromatic N) is 1. The van der Waals surface area contributed by atoms with E-state index in [9.17, 15) is 19.5 Å².